The number of aryl methyl sites for hydroxylation is 2. The van der Waals surface area contributed by atoms with Crippen LogP contribution in [0, 0.1) is 6.92 Å². The number of piperidine rings is 1. The lowest BCUT2D eigenvalue weighted by molar-refractivity contribution is 0.366. The van der Waals surface area contributed by atoms with E-state index in [0.29, 0.717) is 11.9 Å². The molecule has 0 saturated carbocycles. The first kappa shape index (κ1) is 14.2. The van der Waals surface area contributed by atoms with Gasteiger partial charge < -0.3 is 13.8 Å². The van der Waals surface area contributed by atoms with Crippen LogP contribution in [0.1, 0.15) is 43.0 Å². The summed E-state index contributed by atoms with van der Waals surface area (Å²) in [5, 5.41) is 4.13. The molecule has 1 saturated heterocycles. The van der Waals surface area contributed by atoms with E-state index in [1.165, 1.54) is 5.56 Å². The summed E-state index contributed by atoms with van der Waals surface area (Å²) in [6.45, 7) is 5.84. The molecular weight excluding hydrogens is 292 g/mol. The lowest BCUT2D eigenvalue weighted by Gasteiger charge is -2.29. The van der Waals surface area contributed by atoms with Gasteiger partial charge in [-0.05, 0) is 37.5 Å². The standard InChI is InChI=1S/C17H20N4O2/c1-3-15-19-16(20-23-15)12-5-4-8-21(10-12)17-18-13-9-11(2)6-7-14(13)22-17/h6-7,9,12H,3-5,8,10H2,1-2H3/t12-/m0/s1. The third-order valence-electron chi connectivity index (χ3n) is 4.38. The first-order chi connectivity index (χ1) is 11.2. The molecule has 23 heavy (non-hydrogen) atoms. The van der Waals surface area contributed by atoms with Crippen LogP contribution in [-0.4, -0.2) is 28.2 Å². The number of aromatic nitrogens is 3. The first-order valence-electron chi connectivity index (χ1n) is 8.17. The zero-order valence-corrected chi connectivity index (χ0v) is 13.5. The first-order valence-corrected chi connectivity index (χ1v) is 8.17. The highest BCUT2D eigenvalue weighted by Gasteiger charge is 2.27. The maximum atomic E-state index is 5.92. The Kier molecular flexibility index (Phi) is 3.52. The van der Waals surface area contributed by atoms with Gasteiger partial charge in [0.1, 0.15) is 5.52 Å². The second-order valence-electron chi connectivity index (χ2n) is 6.15. The van der Waals surface area contributed by atoms with E-state index in [9.17, 15) is 0 Å². The second-order valence-corrected chi connectivity index (χ2v) is 6.15. The van der Waals surface area contributed by atoms with Crippen LogP contribution in [0.25, 0.3) is 11.1 Å². The van der Waals surface area contributed by atoms with Crippen molar-refractivity contribution in [3.63, 3.8) is 0 Å². The highest BCUT2D eigenvalue weighted by atomic mass is 16.5. The molecule has 0 spiro atoms. The highest BCUT2D eigenvalue weighted by molar-refractivity contribution is 5.75. The maximum absolute atomic E-state index is 5.92. The van der Waals surface area contributed by atoms with E-state index in [2.05, 4.69) is 33.0 Å². The normalized spacial score (nSPS) is 18.7. The predicted octanol–water partition coefficient (Wildman–Crippen LogP) is 3.47. The van der Waals surface area contributed by atoms with Crippen molar-refractivity contribution >= 4 is 17.1 Å². The molecule has 120 valence electrons. The fraction of sp³-hybridized carbons (Fsp3) is 0.471. The summed E-state index contributed by atoms with van der Waals surface area (Å²) in [7, 11) is 0. The molecule has 0 amide bonds. The Labute approximate surface area is 134 Å². The van der Waals surface area contributed by atoms with Crippen molar-refractivity contribution in [1.82, 2.24) is 15.1 Å². The summed E-state index contributed by atoms with van der Waals surface area (Å²) < 4.78 is 11.2. The fourth-order valence-corrected chi connectivity index (χ4v) is 3.10. The Balaban J connectivity index is 1.58. The second kappa shape index (κ2) is 5.68. The van der Waals surface area contributed by atoms with Gasteiger partial charge in [-0.3, -0.25) is 0 Å². The van der Waals surface area contributed by atoms with Gasteiger partial charge in [-0.25, -0.2) is 0 Å². The van der Waals surface area contributed by atoms with Crippen molar-refractivity contribution in [3.8, 4) is 0 Å². The van der Waals surface area contributed by atoms with Gasteiger partial charge in [-0.1, -0.05) is 18.1 Å². The van der Waals surface area contributed by atoms with Crippen molar-refractivity contribution in [2.75, 3.05) is 18.0 Å². The smallest absolute Gasteiger partial charge is 0.298 e. The van der Waals surface area contributed by atoms with Crippen molar-refractivity contribution in [2.45, 2.75) is 39.0 Å². The summed E-state index contributed by atoms with van der Waals surface area (Å²) in [4.78, 5) is 11.3. The van der Waals surface area contributed by atoms with Crippen LogP contribution >= 0.6 is 0 Å². The van der Waals surface area contributed by atoms with Crippen LogP contribution < -0.4 is 4.90 Å². The molecule has 1 aliphatic heterocycles. The van der Waals surface area contributed by atoms with Crippen molar-refractivity contribution in [2.24, 2.45) is 0 Å². The minimum absolute atomic E-state index is 0.268. The molecule has 6 heteroatoms. The summed E-state index contributed by atoms with van der Waals surface area (Å²) in [5.41, 5.74) is 2.93. The Morgan fingerprint density at radius 3 is 3.04 bits per heavy atom. The minimum atomic E-state index is 0.268. The Bertz CT molecular complexity index is 823. The largest absolute Gasteiger partial charge is 0.423 e. The van der Waals surface area contributed by atoms with Gasteiger partial charge in [0.2, 0.25) is 5.89 Å². The fourth-order valence-electron chi connectivity index (χ4n) is 3.10. The molecule has 4 rings (SSSR count). The molecule has 3 heterocycles. The van der Waals surface area contributed by atoms with Crippen LogP contribution in [-0.2, 0) is 6.42 Å². The third-order valence-corrected chi connectivity index (χ3v) is 4.38. The van der Waals surface area contributed by atoms with Gasteiger partial charge in [0.25, 0.3) is 6.01 Å². The Morgan fingerprint density at radius 1 is 1.30 bits per heavy atom. The molecule has 6 nitrogen and oxygen atoms in total. The molecule has 0 aliphatic carbocycles. The van der Waals surface area contributed by atoms with Gasteiger partial charge in [0.15, 0.2) is 11.4 Å². The molecule has 2 aromatic heterocycles. The molecule has 1 atom stereocenters. The number of hydrogen-bond donors (Lipinski definition) is 0. The van der Waals surface area contributed by atoms with Gasteiger partial charge >= 0.3 is 0 Å². The number of hydrogen-bond acceptors (Lipinski definition) is 6. The molecule has 0 bridgehead atoms. The van der Waals surface area contributed by atoms with Crippen LogP contribution in [0.4, 0.5) is 6.01 Å². The van der Waals surface area contributed by atoms with Gasteiger partial charge in [-0.15, -0.1) is 0 Å². The predicted molar refractivity (Wildman–Crippen MR) is 86.6 cm³/mol. The lowest BCUT2D eigenvalue weighted by atomic mass is 9.98. The summed E-state index contributed by atoms with van der Waals surface area (Å²) in [6, 6.07) is 6.77. The number of fused-ring (bicyclic) bond motifs is 1. The van der Waals surface area contributed by atoms with E-state index < -0.39 is 0 Å². The average molecular weight is 312 g/mol. The van der Waals surface area contributed by atoms with E-state index in [1.54, 1.807) is 0 Å². The maximum Gasteiger partial charge on any atom is 0.298 e. The molecule has 1 aromatic carbocycles. The number of oxazole rings is 1. The van der Waals surface area contributed by atoms with Crippen LogP contribution in [0.2, 0.25) is 0 Å². The monoisotopic (exact) mass is 312 g/mol. The van der Waals surface area contributed by atoms with Crippen LogP contribution in [0.15, 0.2) is 27.1 Å². The molecule has 0 unspecified atom stereocenters. The van der Waals surface area contributed by atoms with E-state index in [0.717, 1.165) is 49.3 Å². The summed E-state index contributed by atoms with van der Waals surface area (Å²) in [6.07, 6.45) is 2.91. The van der Waals surface area contributed by atoms with E-state index in [1.807, 2.05) is 19.1 Å². The average Bonchev–Trinajstić information content (AvgIpc) is 3.21. The summed E-state index contributed by atoms with van der Waals surface area (Å²) >= 11 is 0. The minimum Gasteiger partial charge on any atom is -0.423 e. The van der Waals surface area contributed by atoms with Crippen molar-refractivity contribution in [3.05, 3.63) is 35.5 Å². The van der Waals surface area contributed by atoms with Crippen LogP contribution in [0.5, 0.6) is 0 Å². The van der Waals surface area contributed by atoms with Gasteiger partial charge in [-0.2, -0.15) is 9.97 Å². The van der Waals surface area contributed by atoms with E-state index in [-0.39, 0.29) is 5.92 Å². The van der Waals surface area contributed by atoms with Crippen molar-refractivity contribution in [1.29, 1.82) is 0 Å². The van der Waals surface area contributed by atoms with E-state index >= 15 is 0 Å². The number of nitrogens with zero attached hydrogens (tertiary/aromatic N) is 4. The SMILES string of the molecule is CCc1nc([C@H]2CCCN(c3nc4cc(C)ccc4o3)C2)no1. The Hall–Kier alpha value is -2.37. The molecule has 0 N–H and O–H groups in total. The zero-order valence-electron chi connectivity index (χ0n) is 13.5. The van der Waals surface area contributed by atoms with E-state index in [4.69, 9.17) is 8.94 Å². The quantitative estimate of drug-likeness (QED) is 0.737. The van der Waals surface area contributed by atoms with Gasteiger partial charge in [0, 0.05) is 25.4 Å². The Morgan fingerprint density at radius 2 is 2.22 bits per heavy atom. The molecular formula is C17H20N4O2. The lowest BCUT2D eigenvalue weighted by Crippen LogP contribution is -2.34. The topological polar surface area (TPSA) is 68.2 Å². The molecule has 1 fully saturated rings. The summed E-state index contributed by atoms with van der Waals surface area (Å²) in [5.74, 6) is 1.78. The van der Waals surface area contributed by atoms with Crippen LogP contribution in [0.3, 0.4) is 0 Å². The number of rotatable bonds is 3. The third kappa shape index (κ3) is 2.69. The van der Waals surface area contributed by atoms with Crippen molar-refractivity contribution < 1.29 is 8.94 Å². The molecule has 1 aliphatic rings. The molecule has 3 aromatic rings. The number of anilines is 1. The zero-order chi connectivity index (χ0) is 15.8. The number of benzene rings is 1. The highest BCUT2D eigenvalue weighted by Crippen LogP contribution is 2.30. The van der Waals surface area contributed by atoms with Gasteiger partial charge in [0.05, 0.1) is 0 Å². The molecule has 0 radical (unpaired) electrons.